The van der Waals surface area contributed by atoms with Gasteiger partial charge in [0.1, 0.15) is 30.2 Å². The third kappa shape index (κ3) is 6.54. The van der Waals surface area contributed by atoms with Gasteiger partial charge in [0, 0.05) is 13.5 Å². The van der Waals surface area contributed by atoms with Crippen LogP contribution in [0.1, 0.15) is 18.9 Å². The van der Waals surface area contributed by atoms with E-state index in [-0.39, 0.29) is 40.5 Å². The molecular weight excluding hydrogens is 697 g/mol. The number of alkyl halides is 1. The maximum Gasteiger partial charge on any atom is 0.386 e. The third-order valence-electron chi connectivity index (χ3n) is 7.13. The molecule has 0 aromatic carbocycles. The van der Waals surface area contributed by atoms with Crippen LogP contribution in [0.3, 0.4) is 0 Å². The number of anilines is 2. The highest BCUT2D eigenvalue weighted by atomic mass is 32.7. The molecule has 25 heteroatoms. The van der Waals surface area contributed by atoms with Gasteiger partial charge in [0.05, 0.1) is 32.0 Å². The number of fused-ring (bicyclic) bond motifs is 2. The van der Waals surface area contributed by atoms with Crippen LogP contribution in [0.4, 0.5) is 16.2 Å². The van der Waals surface area contributed by atoms with Gasteiger partial charge in [-0.1, -0.05) is 24.5 Å². The number of imidazole rings is 2. The Bertz CT molecular complexity index is 1920. The van der Waals surface area contributed by atoms with Crippen molar-refractivity contribution < 1.29 is 46.2 Å². The van der Waals surface area contributed by atoms with Gasteiger partial charge in [-0.2, -0.15) is 4.98 Å². The van der Waals surface area contributed by atoms with E-state index in [1.165, 1.54) is 21.8 Å². The molecular formula is C21H27FN10O10P2S2. The summed E-state index contributed by atoms with van der Waals surface area (Å²) < 4.78 is 76.8. The molecule has 2 saturated heterocycles. The average Bonchev–Trinajstić information content (AvgIpc) is 3.77. The van der Waals surface area contributed by atoms with Crippen molar-refractivity contribution >= 4 is 72.2 Å². The Labute approximate surface area is 267 Å². The first-order chi connectivity index (χ1) is 21.8. The number of nitrogens with one attached hydrogen (secondary N) is 1. The van der Waals surface area contributed by atoms with E-state index in [1.54, 1.807) is 0 Å². The summed E-state index contributed by atoms with van der Waals surface area (Å²) in [5, 5.41) is 10.7. The number of thiol groups is 2. The standard InChI is InChI=1S/C21H27FN10O10P2S2/c1-37-43(35,45)39-4-10-14(11(22)20(41-10)31-6-27-12-15(23)25-5-26-16(12)31)42-44(36,46)38-3-8-2-9(33)19(40-8)32-7-28-13-17(32)29-21(24)30-18(13)34/h5-11,14,19-20,33H,2-4H2,1H3,(H,35,45)(H,36,46)(H2,23,25,26)(H3,24,29,30,34)/t8-,9+,10?,11+,14+,19+,20+,43-,44?/m0/s1. The molecule has 2 aliphatic heterocycles. The van der Waals surface area contributed by atoms with Crippen LogP contribution in [0.15, 0.2) is 23.8 Å². The third-order valence-corrected chi connectivity index (χ3v) is 10.5. The van der Waals surface area contributed by atoms with E-state index in [4.69, 9.17) is 39.0 Å². The zero-order chi connectivity index (χ0) is 33.0. The molecule has 250 valence electrons. The number of aromatic nitrogens is 8. The summed E-state index contributed by atoms with van der Waals surface area (Å²) in [7, 11) is 1.10. The Balaban J connectivity index is 1.16. The number of nitrogens with two attached hydrogens (primary N) is 2. The predicted octanol–water partition coefficient (Wildman–Crippen LogP) is 1.15. The van der Waals surface area contributed by atoms with E-state index in [9.17, 15) is 19.0 Å². The second-order valence-corrected chi connectivity index (χ2v) is 16.0. The van der Waals surface area contributed by atoms with Gasteiger partial charge < -0.3 is 30.6 Å². The Hall–Kier alpha value is -2.69. The van der Waals surface area contributed by atoms with Crippen LogP contribution in [0.25, 0.3) is 22.3 Å². The van der Waals surface area contributed by atoms with Crippen molar-refractivity contribution in [2.45, 2.75) is 49.5 Å². The zero-order valence-corrected chi connectivity index (χ0v) is 27.0. The molecule has 2 fully saturated rings. The van der Waals surface area contributed by atoms with Crippen LogP contribution in [0, 0.1) is 0 Å². The van der Waals surface area contributed by atoms with Gasteiger partial charge in [0.15, 0.2) is 41.3 Å². The summed E-state index contributed by atoms with van der Waals surface area (Å²) in [6, 6.07) is 0. The summed E-state index contributed by atoms with van der Waals surface area (Å²) in [6.07, 6.45) is -5.84. The van der Waals surface area contributed by atoms with Crippen LogP contribution in [0.5, 0.6) is 0 Å². The Morgan fingerprint density at radius 3 is 2.48 bits per heavy atom. The Morgan fingerprint density at radius 2 is 1.74 bits per heavy atom. The highest BCUT2D eigenvalue weighted by Crippen LogP contribution is 2.58. The van der Waals surface area contributed by atoms with Crippen LogP contribution >= 0.6 is 38.1 Å². The fourth-order valence-corrected chi connectivity index (χ4v) is 7.18. The molecule has 2 aliphatic rings. The number of nitrogen functional groups attached to an aromatic ring is 2. The van der Waals surface area contributed by atoms with E-state index >= 15 is 4.39 Å². The number of aliphatic hydroxyl groups excluding tert-OH is 1. The topological polar surface area (TPSA) is 269 Å². The van der Waals surface area contributed by atoms with Crippen LogP contribution in [-0.4, -0.2) is 95.1 Å². The molecule has 6 N–H and O–H groups in total. The van der Waals surface area contributed by atoms with Crippen LogP contribution in [0.2, 0.25) is 0 Å². The number of hydrogen-bond acceptors (Lipinski definition) is 17. The van der Waals surface area contributed by atoms with Gasteiger partial charge in [0.2, 0.25) is 5.95 Å². The molecule has 4 aromatic rings. The minimum absolute atomic E-state index is 0.000540. The van der Waals surface area contributed by atoms with Crippen molar-refractivity contribution in [3.05, 3.63) is 29.3 Å². The SMILES string of the molecule is CO[P@](=O)(S)OCC1O[C@@H](n2cnc3c(N)ncnc32)[C@H](F)[C@@H]1OP(=O)(S)OC[C@@H]1C[C@@H](O)[C@H](n2cnc3c(=O)[nH]c(N)nc32)O1. The predicted molar refractivity (Wildman–Crippen MR) is 163 cm³/mol. The molecule has 0 amide bonds. The van der Waals surface area contributed by atoms with Gasteiger partial charge in [-0.05, 0) is 0 Å². The quantitative estimate of drug-likeness (QED) is 0.0935. The number of hydrogen-bond donors (Lipinski definition) is 6. The molecule has 0 saturated carbocycles. The summed E-state index contributed by atoms with van der Waals surface area (Å²) in [5.74, 6) is -0.114. The largest absolute Gasteiger partial charge is 0.388 e. The van der Waals surface area contributed by atoms with Gasteiger partial charge >= 0.3 is 13.6 Å². The van der Waals surface area contributed by atoms with Crippen molar-refractivity contribution in [3.63, 3.8) is 0 Å². The highest BCUT2D eigenvalue weighted by Gasteiger charge is 2.51. The number of H-pyrrole nitrogens is 1. The molecule has 0 bridgehead atoms. The number of aromatic amines is 1. The summed E-state index contributed by atoms with van der Waals surface area (Å²) in [6.45, 7) is -9.20. The average molecular weight is 725 g/mol. The van der Waals surface area contributed by atoms with Crippen LogP contribution < -0.4 is 17.0 Å². The molecule has 0 aliphatic carbocycles. The molecule has 6 heterocycles. The molecule has 6 rings (SSSR count). The lowest BCUT2D eigenvalue weighted by atomic mass is 10.1. The first-order valence-corrected chi connectivity index (χ1v) is 18.6. The minimum Gasteiger partial charge on any atom is -0.388 e. The lowest BCUT2D eigenvalue weighted by Gasteiger charge is -2.24. The van der Waals surface area contributed by atoms with E-state index in [1.807, 2.05) is 0 Å². The summed E-state index contributed by atoms with van der Waals surface area (Å²) in [5.41, 5.74) is 11.3. The normalized spacial score (nSPS) is 29.4. The molecule has 46 heavy (non-hydrogen) atoms. The monoisotopic (exact) mass is 724 g/mol. The maximum absolute atomic E-state index is 16.0. The molecule has 2 unspecified atom stereocenters. The summed E-state index contributed by atoms with van der Waals surface area (Å²) >= 11 is 7.82. The molecule has 9 atom stereocenters. The molecule has 4 aromatic heterocycles. The Morgan fingerprint density at radius 1 is 1.04 bits per heavy atom. The number of ether oxygens (including phenoxy) is 2. The van der Waals surface area contributed by atoms with E-state index in [0.29, 0.717) is 0 Å². The molecule has 20 nitrogen and oxygen atoms in total. The number of nitrogens with zero attached hydrogens (tertiary/aromatic N) is 7. The summed E-state index contributed by atoms with van der Waals surface area (Å²) in [4.78, 5) is 34.5. The highest BCUT2D eigenvalue weighted by molar-refractivity contribution is 8.44. The van der Waals surface area contributed by atoms with Crippen molar-refractivity contribution in [2.75, 3.05) is 31.8 Å². The van der Waals surface area contributed by atoms with Crippen LogP contribution in [-0.2, 0) is 36.7 Å². The van der Waals surface area contributed by atoms with Gasteiger partial charge in [-0.3, -0.25) is 32.5 Å². The number of halogens is 1. The first kappa shape index (κ1) is 33.2. The second-order valence-electron chi connectivity index (χ2n) is 10.1. The lowest BCUT2D eigenvalue weighted by molar-refractivity contribution is -0.0498. The first-order valence-electron chi connectivity index (χ1n) is 13.2. The fraction of sp³-hybridized carbons (Fsp3) is 0.524. The van der Waals surface area contributed by atoms with E-state index in [0.717, 1.165) is 13.4 Å². The van der Waals surface area contributed by atoms with E-state index < -0.39 is 75.4 Å². The van der Waals surface area contributed by atoms with Gasteiger partial charge in [0.25, 0.3) is 5.56 Å². The fourth-order valence-electron chi connectivity index (χ4n) is 5.03. The molecule has 0 spiro atoms. The van der Waals surface area contributed by atoms with Crippen molar-refractivity contribution in [1.82, 2.24) is 39.0 Å². The van der Waals surface area contributed by atoms with Crippen molar-refractivity contribution in [1.29, 1.82) is 0 Å². The minimum atomic E-state index is -4.38. The van der Waals surface area contributed by atoms with E-state index in [2.05, 4.69) is 54.4 Å². The maximum atomic E-state index is 16.0. The molecule has 0 radical (unpaired) electrons. The van der Waals surface area contributed by atoms with Gasteiger partial charge in [-0.15, -0.1) is 0 Å². The van der Waals surface area contributed by atoms with Gasteiger partial charge in [-0.25, -0.2) is 33.5 Å². The number of aliphatic hydroxyl groups is 1. The lowest BCUT2D eigenvalue weighted by Crippen LogP contribution is -2.33. The van der Waals surface area contributed by atoms with Crippen molar-refractivity contribution in [3.8, 4) is 0 Å². The second kappa shape index (κ2) is 12.7. The van der Waals surface area contributed by atoms with Crippen molar-refractivity contribution in [2.24, 2.45) is 0 Å². The number of rotatable bonds is 11. The smallest absolute Gasteiger partial charge is 0.386 e. The zero-order valence-electron chi connectivity index (χ0n) is 23.5. The Kier molecular flexibility index (Phi) is 9.19.